The van der Waals surface area contributed by atoms with E-state index in [2.05, 4.69) is 174 Å². The summed E-state index contributed by atoms with van der Waals surface area (Å²) in [5.74, 6) is 2.58. The number of fused-ring (bicyclic) bond motifs is 5. The molecule has 0 spiro atoms. The molecule has 0 radical (unpaired) electrons. The van der Waals surface area contributed by atoms with Crippen LogP contribution in [0.1, 0.15) is 0 Å². The lowest BCUT2D eigenvalue weighted by atomic mass is 9.94. The van der Waals surface area contributed by atoms with Crippen LogP contribution in [0, 0.1) is 0 Å². The minimum absolute atomic E-state index is 0.561. The summed E-state index contributed by atoms with van der Waals surface area (Å²) in [5.41, 5.74) is 11.8. The highest BCUT2D eigenvalue weighted by Crippen LogP contribution is 2.42. The Balaban J connectivity index is 1.08. The second kappa shape index (κ2) is 14.5. The third-order valence-corrected chi connectivity index (χ3v) is 11.1. The predicted octanol–water partition coefficient (Wildman–Crippen LogP) is 13.5. The van der Waals surface area contributed by atoms with Crippen molar-refractivity contribution < 1.29 is 0 Å². The molecule has 8 aromatic carbocycles. The van der Waals surface area contributed by atoms with Crippen molar-refractivity contribution in [3.63, 3.8) is 0 Å². The highest BCUT2D eigenvalue weighted by Gasteiger charge is 2.20. The zero-order valence-corrected chi connectivity index (χ0v) is 31.9. The lowest BCUT2D eigenvalue weighted by Crippen LogP contribution is -2.02. The van der Waals surface area contributed by atoms with Crippen LogP contribution in [0.25, 0.3) is 106 Å². The maximum atomic E-state index is 5.20. The number of rotatable bonds is 7. The van der Waals surface area contributed by atoms with Gasteiger partial charge in [-0.05, 0) is 68.4 Å². The first-order chi connectivity index (χ1) is 29.2. The van der Waals surface area contributed by atoms with Gasteiger partial charge in [-0.3, -0.25) is 4.57 Å². The highest BCUT2D eigenvalue weighted by atomic mass is 15.1. The molecule has 276 valence electrons. The van der Waals surface area contributed by atoms with Gasteiger partial charge < -0.3 is 0 Å². The van der Waals surface area contributed by atoms with Crippen LogP contribution in [0.3, 0.4) is 0 Å². The molecule has 59 heavy (non-hydrogen) atoms. The number of hydrogen-bond acceptors (Lipinski definition) is 4. The summed E-state index contributed by atoms with van der Waals surface area (Å²) in [6.45, 7) is 0. The van der Waals surface area contributed by atoms with Gasteiger partial charge in [0.2, 0.25) is 0 Å². The fourth-order valence-electron chi connectivity index (χ4n) is 8.23. The van der Waals surface area contributed by atoms with Gasteiger partial charge in [0.25, 0.3) is 0 Å². The summed E-state index contributed by atoms with van der Waals surface area (Å²) in [6.07, 6.45) is 1.89. The van der Waals surface area contributed by atoms with Crippen LogP contribution in [0.4, 0.5) is 0 Å². The Hall–Kier alpha value is -8.02. The minimum atomic E-state index is 0.561. The second-order valence-electron chi connectivity index (χ2n) is 14.7. The Bertz CT molecular complexity index is 3270. The van der Waals surface area contributed by atoms with Crippen LogP contribution in [0.5, 0.6) is 0 Å². The maximum Gasteiger partial charge on any atom is 0.165 e. The van der Waals surface area contributed by atoms with E-state index in [0.717, 1.165) is 50.2 Å². The summed E-state index contributed by atoms with van der Waals surface area (Å²) in [7, 11) is 0. The summed E-state index contributed by atoms with van der Waals surface area (Å²) in [5, 5.41) is 4.80. The quantitative estimate of drug-likeness (QED) is 0.163. The van der Waals surface area contributed by atoms with Gasteiger partial charge in [-0.25, -0.2) is 19.9 Å². The topological polar surface area (TPSA) is 56.5 Å². The van der Waals surface area contributed by atoms with Gasteiger partial charge in [0.15, 0.2) is 17.5 Å². The van der Waals surface area contributed by atoms with Crippen molar-refractivity contribution in [2.24, 2.45) is 0 Å². The Labute approximate surface area is 341 Å². The van der Waals surface area contributed by atoms with Crippen LogP contribution in [-0.2, 0) is 0 Å². The summed E-state index contributed by atoms with van der Waals surface area (Å²) < 4.78 is 2.31. The third-order valence-electron chi connectivity index (χ3n) is 11.1. The molecule has 0 bridgehead atoms. The van der Waals surface area contributed by atoms with Crippen molar-refractivity contribution in [1.82, 2.24) is 24.5 Å². The van der Waals surface area contributed by atoms with E-state index in [1.165, 1.54) is 38.2 Å². The predicted molar refractivity (Wildman–Crippen MR) is 242 cm³/mol. The molecule has 0 amide bonds. The Morgan fingerprint density at radius 1 is 0.305 bits per heavy atom. The Morgan fingerprint density at radius 2 is 0.763 bits per heavy atom. The SMILES string of the molecule is c1ccc(-c2ccc(-c3nc(-c4ccccc4)nc(-c4ccc(-n5c6cc(-c7ccccc7)ccc6c6c7ccccc7c(-c7ccccc7)cc65)nc4)n3)cc2)cc1. The third kappa shape index (κ3) is 6.22. The smallest absolute Gasteiger partial charge is 0.165 e. The molecular formula is C54H35N5. The Kier molecular flexibility index (Phi) is 8.41. The van der Waals surface area contributed by atoms with E-state index < -0.39 is 0 Å². The molecule has 3 heterocycles. The van der Waals surface area contributed by atoms with E-state index in [4.69, 9.17) is 19.9 Å². The first-order valence-electron chi connectivity index (χ1n) is 19.8. The van der Waals surface area contributed by atoms with Crippen molar-refractivity contribution in [2.45, 2.75) is 0 Å². The molecule has 0 saturated heterocycles. The van der Waals surface area contributed by atoms with Gasteiger partial charge in [0.1, 0.15) is 5.82 Å². The van der Waals surface area contributed by atoms with E-state index in [-0.39, 0.29) is 0 Å². The first kappa shape index (κ1) is 34.2. The number of benzene rings is 8. The number of pyridine rings is 1. The molecule has 0 atom stereocenters. The molecule has 0 saturated carbocycles. The Morgan fingerprint density at radius 3 is 1.37 bits per heavy atom. The van der Waals surface area contributed by atoms with Crippen LogP contribution >= 0.6 is 0 Å². The van der Waals surface area contributed by atoms with Gasteiger partial charge in [0, 0.05) is 33.7 Å². The van der Waals surface area contributed by atoms with Crippen molar-refractivity contribution in [3.05, 3.63) is 212 Å². The van der Waals surface area contributed by atoms with E-state index >= 15 is 0 Å². The zero-order chi connectivity index (χ0) is 39.1. The van der Waals surface area contributed by atoms with E-state index in [9.17, 15) is 0 Å². The van der Waals surface area contributed by atoms with Crippen LogP contribution in [-0.4, -0.2) is 24.5 Å². The van der Waals surface area contributed by atoms with Gasteiger partial charge in [0.05, 0.1) is 11.0 Å². The van der Waals surface area contributed by atoms with E-state index in [1.54, 1.807) is 0 Å². The summed E-state index contributed by atoms with van der Waals surface area (Å²) >= 11 is 0. The van der Waals surface area contributed by atoms with Crippen molar-refractivity contribution in [1.29, 1.82) is 0 Å². The lowest BCUT2D eigenvalue weighted by molar-refractivity contribution is 1.05. The summed E-state index contributed by atoms with van der Waals surface area (Å²) in [6, 6.07) is 72.1. The largest absolute Gasteiger partial charge is 0.294 e. The second-order valence-corrected chi connectivity index (χ2v) is 14.7. The standard InChI is InChI=1S/C54H35N5/c1-5-15-36(16-6-1)38-25-27-41(28-26-38)53-56-52(40-21-11-4-12-22-40)57-54(58-53)43-30-32-50(55-35-43)59-48-33-42(37-17-7-2-8-18-37)29-31-46(48)51-45-24-14-13-23-44(45)47(34-49(51)59)39-19-9-3-10-20-39/h1-35H. The van der Waals surface area contributed by atoms with Crippen LogP contribution < -0.4 is 0 Å². The molecular weight excluding hydrogens is 719 g/mol. The highest BCUT2D eigenvalue weighted by molar-refractivity contribution is 6.24. The molecule has 3 aromatic heterocycles. The van der Waals surface area contributed by atoms with Crippen LogP contribution in [0.15, 0.2) is 212 Å². The molecule has 0 aliphatic carbocycles. The fourth-order valence-corrected chi connectivity index (χ4v) is 8.23. The average molecular weight is 754 g/mol. The molecule has 0 aliphatic heterocycles. The van der Waals surface area contributed by atoms with Gasteiger partial charge in [-0.1, -0.05) is 182 Å². The van der Waals surface area contributed by atoms with Crippen LogP contribution in [0.2, 0.25) is 0 Å². The number of aromatic nitrogens is 5. The van der Waals surface area contributed by atoms with Crippen molar-refractivity contribution in [3.8, 4) is 73.4 Å². The first-order valence-corrected chi connectivity index (χ1v) is 19.8. The van der Waals surface area contributed by atoms with Crippen molar-refractivity contribution in [2.75, 3.05) is 0 Å². The van der Waals surface area contributed by atoms with Gasteiger partial charge in [-0.2, -0.15) is 0 Å². The maximum absolute atomic E-state index is 5.20. The molecule has 0 fully saturated rings. The van der Waals surface area contributed by atoms with Gasteiger partial charge >= 0.3 is 0 Å². The fraction of sp³-hybridized carbons (Fsp3) is 0. The molecule has 11 rings (SSSR count). The normalized spacial score (nSPS) is 11.4. The summed E-state index contributed by atoms with van der Waals surface area (Å²) in [4.78, 5) is 20.2. The molecule has 5 nitrogen and oxygen atoms in total. The number of nitrogens with zero attached hydrogens (tertiary/aromatic N) is 5. The van der Waals surface area contributed by atoms with E-state index in [0.29, 0.717) is 17.5 Å². The lowest BCUT2D eigenvalue weighted by Gasteiger charge is -2.12. The average Bonchev–Trinajstić information content (AvgIpc) is 3.66. The molecule has 0 unspecified atom stereocenters. The molecule has 0 N–H and O–H groups in total. The minimum Gasteiger partial charge on any atom is -0.294 e. The number of hydrogen-bond donors (Lipinski definition) is 0. The molecule has 5 heteroatoms. The molecule has 0 aliphatic rings. The monoisotopic (exact) mass is 753 g/mol. The van der Waals surface area contributed by atoms with Crippen molar-refractivity contribution >= 4 is 32.6 Å². The molecule has 11 aromatic rings. The zero-order valence-electron chi connectivity index (χ0n) is 31.9. The van der Waals surface area contributed by atoms with Gasteiger partial charge in [-0.15, -0.1) is 0 Å². The van der Waals surface area contributed by atoms with E-state index in [1.807, 2.05) is 42.6 Å².